The topological polar surface area (TPSA) is 44.5 Å². The molecule has 0 saturated carbocycles. The van der Waals surface area contributed by atoms with Crippen LogP contribution in [0.4, 0.5) is 0 Å². The van der Waals surface area contributed by atoms with E-state index < -0.39 is 0 Å². The Morgan fingerprint density at radius 2 is 1.89 bits per heavy atom. The van der Waals surface area contributed by atoms with Crippen molar-refractivity contribution >= 4 is 0 Å². The van der Waals surface area contributed by atoms with Crippen LogP contribution in [0.3, 0.4) is 0 Å². The van der Waals surface area contributed by atoms with Crippen molar-refractivity contribution in [2.24, 2.45) is 5.73 Å². The molecule has 0 radical (unpaired) electrons. The summed E-state index contributed by atoms with van der Waals surface area (Å²) in [6.07, 6.45) is 0. The Hall–Kier alpha value is -1.06. The average Bonchev–Trinajstić information content (AvgIpc) is 2.24. The lowest BCUT2D eigenvalue weighted by Crippen LogP contribution is -2.22. The van der Waals surface area contributed by atoms with Crippen molar-refractivity contribution in [3.05, 3.63) is 29.3 Å². The molecule has 3 nitrogen and oxygen atoms in total. The van der Waals surface area contributed by atoms with Crippen LogP contribution >= 0.6 is 0 Å². The van der Waals surface area contributed by atoms with Crippen LogP contribution in [0.2, 0.25) is 0 Å². The molecule has 0 fully saturated rings. The summed E-state index contributed by atoms with van der Waals surface area (Å²) in [5, 5.41) is 0. The minimum absolute atomic E-state index is 0.0246. The van der Waals surface area contributed by atoms with Crippen LogP contribution in [-0.2, 0) is 4.74 Å². The fraction of sp³-hybridized carbons (Fsp3) is 0.600. The van der Waals surface area contributed by atoms with Crippen molar-refractivity contribution in [2.45, 2.75) is 46.3 Å². The molecule has 0 aromatic heterocycles. The standard InChI is InChI=1S/C15H25NO2/c1-11-6-7-14(13(10-11)12(2)16)17-8-9-18-15(3,4)5/h6-7,10,12H,8-9,16H2,1-5H3. The normalized spacial score (nSPS) is 13.4. The van der Waals surface area contributed by atoms with Gasteiger partial charge < -0.3 is 15.2 Å². The van der Waals surface area contributed by atoms with Crippen molar-refractivity contribution in [2.75, 3.05) is 13.2 Å². The van der Waals surface area contributed by atoms with E-state index in [1.54, 1.807) is 0 Å². The molecule has 18 heavy (non-hydrogen) atoms. The van der Waals surface area contributed by atoms with Gasteiger partial charge in [0.2, 0.25) is 0 Å². The van der Waals surface area contributed by atoms with Gasteiger partial charge in [0.25, 0.3) is 0 Å². The lowest BCUT2D eigenvalue weighted by molar-refractivity contribution is -0.0164. The molecule has 1 atom stereocenters. The predicted octanol–water partition coefficient (Wildman–Crippen LogP) is 3.21. The predicted molar refractivity (Wildman–Crippen MR) is 75.0 cm³/mol. The minimum atomic E-state index is -0.124. The van der Waals surface area contributed by atoms with Crippen LogP contribution in [-0.4, -0.2) is 18.8 Å². The van der Waals surface area contributed by atoms with E-state index >= 15 is 0 Å². The molecular weight excluding hydrogens is 226 g/mol. The van der Waals surface area contributed by atoms with Crippen molar-refractivity contribution in [1.82, 2.24) is 0 Å². The number of hydrogen-bond donors (Lipinski definition) is 1. The van der Waals surface area contributed by atoms with Crippen LogP contribution < -0.4 is 10.5 Å². The van der Waals surface area contributed by atoms with Gasteiger partial charge in [0, 0.05) is 11.6 Å². The molecule has 1 rings (SSSR count). The zero-order valence-corrected chi connectivity index (χ0v) is 12.1. The van der Waals surface area contributed by atoms with Crippen molar-refractivity contribution < 1.29 is 9.47 Å². The second-order valence-corrected chi connectivity index (χ2v) is 5.64. The first-order valence-electron chi connectivity index (χ1n) is 6.42. The highest BCUT2D eigenvalue weighted by atomic mass is 16.5. The van der Waals surface area contributed by atoms with E-state index in [9.17, 15) is 0 Å². The van der Waals surface area contributed by atoms with Crippen molar-refractivity contribution in [3.63, 3.8) is 0 Å². The van der Waals surface area contributed by atoms with Crippen LogP contribution in [0, 0.1) is 6.92 Å². The first-order chi connectivity index (χ1) is 8.29. The molecule has 3 heteroatoms. The molecule has 1 unspecified atom stereocenters. The number of benzene rings is 1. The van der Waals surface area contributed by atoms with Gasteiger partial charge in [-0.2, -0.15) is 0 Å². The third kappa shape index (κ3) is 5.07. The lowest BCUT2D eigenvalue weighted by atomic mass is 10.1. The van der Waals surface area contributed by atoms with Crippen molar-refractivity contribution in [3.8, 4) is 5.75 Å². The highest BCUT2D eigenvalue weighted by molar-refractivity contribution is 5.38. The number of hydrogen-bond acceptors (Lipinski definition) is 3. The van der Waals surface area contributed by atoms with Gasteiger partial charge in [-0.3, -0.25) is 0 Å². The Kier molecular flexibility index (Phi) is 5.17. The van der Waals surface area contributed by atoms with Crippen molar-refractivity contribution in [1.29, 1.82) is 0 Å². The molecule has 1 aromatic rings. The molecule has 0 heterocycles. The maximum atomic E-state index is 5.95. The van der Waals surface area contributed by atoms with Crippen LogP contribution in [0.1, 0.15) is 44.9 Å². The molecular formula is C15H25NO2. The minimum Gasteiger partial charge on any atom is -0.491 e. The summed E-state index contributed by atoms with van der Waals surface area (Å²) in [6.45, 7) is 11.2. The van der Waals surface area contributed by atoms with Gasteiger partial charge in [-0.1, -0.05) is 17.7 Å². The Morgan fingerprint density at radius 3 is 2.44 bits per heavy atom. The zero-order valence-electron chi connectivity index (χ0n) is 12.1. The molecule has 2 N–H and O–H groups in total. The second kappa shape index (κ2) is 6.21. The van der Waals surface area contributed by atoms with E-state index in [1.807, 2.05) is 39.8 Å². The average molecular weight is 251 g/mol. The van der Waals surface area contributed by atoms with Gasteiger partial charge in [-0.05, 0) is 40.7 Å². The molecule has 0 spiro atoms. The van der Waals surface area contributed by atoms with Gasteiger partial charge in [0.1, 0.15) is 12.4 Å². The van der Waals surface area contributed by atoms with Crippen LogP contribution in [0.25, 0.3) is 0 Å². The van der Waals surface area contributed by atoms with E-state index in [-0.39, 0.29) is 11.6 Å². The summed E-state index contributed by atoms with van der Waals surface area (Å²) in [7, 11) is 0. The highest BCUT2D eigenvalue weighted by Crippen LogP contribution is 2.25. The van der Waals surface area contributed by atoms with Crippen LogP contribution in [0.5, 0.6) is 5.75 Å². The van der Waals surface area contributed by atoms with Gasteiger partial charge >= 0.3 is 0 Å². The smallest absolute Gasteiger partial charge is 0.124 e. The van der Waals surface area contributed by atoms with Gasteiger partial charge in [-0.25, -0.2) is 0 Å². The largest absolute Gasteiger partial charge is 0.491 e. The third-order valence-corrected chi connectivity index (χ3v) is 2.53. The Labute approximate surface area is 110 Å². The Bertz CT molecular complexity index is 381. The molecule has 0 aliphatic rings. The third-order valence-electron chi connectivity index (χ3n) is 2.53. The lowest BCUT2D eigenvalue weighted by Gasteiger charge is -2.20. The SMILES string of the molecule is Cc1ccc(OCCOC(C)(C)C)c(C(C)N)c1. The fourth-order valence-electron chi connectivity index (χ4n) is 1.65. The van der Waals surface area contributed by atoms with Gasteiger partial charge in [-0.15, -0.1) is 0 Å². The van der Waals surface area contributed by atoms with E-state index in [0.29, 0.717) is 13.2 Å². The summed E-state index contributed by atoms with van der Waals surface area (Å²) in [5.74, 6) is 0.855. The number of ether oxygens (including phenoxy) is 2. The van der Waals surface area contributed by atoms with E-state index in [4.69, 9.17) is 15.2 Å². The molecule has 0 amide bonds. The highest BCUT2D eigenvalue weighted by Gasteiger charge is 2.11. The number of aryl methyl sites for hydroxylation is 1. The Morgan fingerprint density at radius 1 is 1.22 bits per heavy atom. The molecule has 102 valence electrons. The van der Waals surface area contributed by atoms with E-state index in [0.717, 1.165) is 11.3 Å². The summed E-state index contributed by atoms with van der Waals surface area (Å²) < 4.78 is 11.4. The monoisotopic (exact) mass is 251 g/mol. The first-order valence-corrected chi connectivity index (χ1v) is 6.42. The van der Waals surface area contributed by atoms with Crippen LogP contribution in [0.15, 0.2) is 18.2 Å². The maximum Gasteiger partial charge on any atom is 0.124 e. The molecule has 0 saturated heterocycles. The van der Waals surface area contributed by atoms with E-state index in [2.05, 4.69) is 13.0 Å². The molecule has 1 aromatic carbocycles. The number of nitrogens with two attached hydrogens (primary N) is 1. The maximum absolute atomic E-state index is 5.95. The summed E-state index contributed by atoms with van der Waals surface area (Å²) >= 11 is 0. The quantitative estimate of drug-likeness (QED) is 0.817. The first kappa shape index (κ1) is 15.0. The van der Waals surface area contributed by atoms with Gasteiger partial charge in [0.15, 0.2) is 0 Å². The Balaban J connectivity index is 2.57. The number of rotatable bonds is 5. The zero-order chi connectivity index (χ0) is 13.8. The second-order valence-electron chi connectivity index (χ2n) is 5.64. The van der Waals surface area contributed by atoms with E-state index in [1.165, 1.54) is 5.56 Å². The molecule has 0 aliphatic heterocycles. The summed E-state index contributed by atoms with van der Waals surface area (Å²) in [5.41, 5.74) is 8.06. The summed E-state index contributed by atoms with van der Waals surface area (Å²) in [4.78, 5) is 0. The summed E-state index contributed by atoms with van der Waals surface area (Å²) in [6, 6.07) is 6.06. The molecule has 0 bridgehead atoms. The fourth-order valence-corrected chi connectivity index (χ4v) is 1.65. The van der Waals surface area contributed by atoms with Gasteiger partial charge in [0.05, 0.1) is 12.2 Å². The molecule has 0 aliphatic carbocycles.